The average molecular weight is 459 g/mol. The van der Waals surface area contributed by atoms with Crippen LogP contribution in [0.25, 0.3) is 0 Å². The first-order valence-corrected chi connectivity index (χ1v) is 8.84. The molecule has 0 saturated heterocycles. The van der Waals surface area contributed by atoms with E-state index < -0.39 is 11.8 Å². The molecule has 0 aliphatic heterocycles. The molecule has 0 spiro atoms. The normalized spacial score (nSPS) is 10.6. The highest BCUT2D eigenvalue weighted by Crippen LogP contribution is 2.21. The molecule has 136 valence electrons. The summed E-state index contributed by atoms with van der Waals surface area (Å²) in [5.41, 5.74) is 3.43. The van der Waals surface area contributed by atoms with Gasteiger partial charge in [0.05, 0.1) is 13.3 Å². The van der Waals surface area contributed by atoms with Crippen LogP contribution in [-0.4, -0.2) is 25.1 Å². The fourth-order valence-electron chi connectivity index (χ4n) is 1.94. The lowest BCUT2D eigenvalue weighted by Gasteiger charge is -2.07. The predicted molar refractivity (Wildman–Crippen MR) is 105 cm³/mol. The summed E-state index contributed by atoms with van der Waals surface area (Å²) in [6.07, 6.45) is 1.38. The van der Waals surface area contributed by atoms with Crippen LogP contribution in [0.3, 0.4) is 0 Å². The van der Waals surface area contributed by atoms with Crippen LogP contribution in [0, 0.1) is 0 Å². The molecule has 2 amide bonds. The van der Waals surface area contributed by atoms with E-state index >= 15 is 0 Å². The molecule has 2 aromatic rings. The summed E-state index contributed by atoms with van der Waals surface area (Å²) in [5.74, 6) is -1.16. The van der Waals surface area contributed by atoms with Gasteiger partial charge in [0.15, 0.2) is 0 Å². The second-order valence-corrected chi connectivity index (χ2v) is 6.76. The van der Waals surface area contributed by atoms with Crippen molar-refractivity contribution in [2.24, 2.45) is 5.10 Å². The van der Waals surface area contributed by atoms with Crippen LogP contribution < -0.4 is 15.5 Å². The number of hydrogen-bond acceptors (Lipinski definition) is 4. The van der Waals surface area contributed by atoms with Crippen LogP contribution in [0.2, 0.25) is 10.0 Å². The summed E-state index contributed by atoms with van der Waals surface area (Å²) in [5, 5.41) is 7.11. The molecule has 2 aromatic carbocycles. The molecule has 6 nitrogen and oxygen atoms in total. The molecule has 0 radical (unpaired) electrons. The lowest BCUT2D eigenvalue weighted by molar-refractivity contribution is -0.139. The van der Waals surface area contributed by atoms with Gasteiger partial charge in [-0.2, -0.15) is 5.10 Å². The third-order valence-corrected chi connectivity index (χ3v) is 4.30. The van der Waals surface area contributed by atoms with E-state index in [0.717, 1.165) is 4.47 Å². The number of carbonyl (C=O) groups excluding carboxylic acids is 2. The molecule has 0 saturated carbocycles. The number of benzene rings is 2. The van der Waals surface area contributed by atoms with E-state index in [1.54, 1.807) is 30.3 Å². The highest BCUT2D eigenvalue weighted by Gasteiger charge is 2.13. The highest BCUT2D eigenvalue weighted by atomic mass is 79.9. The third kappa shape index (κ3) is 5.72. The van der Waals surface area contributed by atoms with Crippen LogP contribution in [0.5, 0.6) is 5.75 Å². The number of hydrogen-bond donors (Lipinski definition) is 2. The molecule has 0 bridgehead atoms. The van der Waals surface area contributed by atoms with Crippen molar-refractivity contribution in [2.45, 2.75) is 6.54 Å². The average Bonchev–Trinajstić information content (AvgIpc) is 2.60. The van der Waals surface area contributed by atoms with Crippen molar-refractivity contribution in [2.75, 3.05) is 7.11 Å². The van der Waals surface area contributed by atoms with Gasteiger partial charge in [0.1, 0.15) is 5.75 Å². The van der Waals surface area contributed by atoms with Gasteiger partial charge in [-0.3, -0.25) is 9.59 Å². The van der Waals surface area contributed by atoms with Crippen molar-refractivity contribution in [1.82, 2.24) is 10.7 Å². The Morgan fingerprint density at radius 1 is 1.19 bits per heavy atom. The monoisotopic (exact) mass is 457 g/mol. The van der Waals surface area contributed by atoms with E-state index in [4.69, 9.17) is 27.9 Å². The molecule has 0 aromatic heterocycles. The Morgan fingerprint density at radius 3 is 2.65 bits per heavy atom. The maximum Gasteiger partial charge on any atom is 0.329 e. The molecular formula is C17H14BrCl2N3O3. The van der Waals surface area contributed by atoms with E-state index in [2.05, 4.69) is 31.8 Å². The van der Waals surface area contributed by atoms with E-state index in [1.165, 1.54) is 13.3 Å². The van der Waals surface area contributed by atoms with Gasteiger partial charge in [-0.25, -0.2) is 5.43 Å². The zero-order chi connectivity index (χ0) is 19.1. The van der Waals surface area contributed by atoms with E-state index in [9.17, 15) is 9.59 Å². The van der Waals surface area contributed by atoms with Crippen LogP contribution in [0.15, 0.2) is 46.0 Å². The van der Waals surface area contributed by atoms with Crippen molar-refractivity contribution in [3.05, 3.63) is 62.0 Å². The number of nitrogens with one attached hydrogen (secondary N) is 2. The lowest BCUT2D eigenvalue weighted by Crippen LogP contribution is -2.37. The van der Waals surface area contributed by atoms with Gasteiger partial charge < -0.3 is 10.1 Å². The van der Waals surface area contributed by atoms with Gasteiger partial charge in [0.2, 0.25) is 0 Å². The maximum absolute atomic E-state index is 11.8. The van der Waals surface area contributed by atoms with Crippen LogP contribution in [-0.2, 0) is 16.1 Å². The van der Waals surface area contributed by atoms with Crippen molar-refractivity contribution in [3.8, 4) is 5.75 Å². The molecule has 0 fully saturated rings. The number of halogens is 3. The zero-order valence-corrected chi connectivity index (χ0v) is 16.7. The Balaban J connectivity index is 1.91. The Hall–Kier alpha value is -2.09. The number of carbonyl (C=O) groups is 2. The summed E-state index contributed by atoms with van der Waals surface area (Å²) in [6.45, 7) is 0.0887. The molecule has 0 unspecified atom stereocenters. The summed E-state index contributed by atoms with van der Waals surface area (Å²) >= 11 is 15.2. The molecular weight excluding hydrogens is 445 g/mol. The first-order valence-electron chi connectivity index (χ1n) is 7.29. The standard InChI is InChI=1S/C17H14BrCl2N3O3/c1-26-15-5-3-12(18)6-11(15)9-22-23-17(25)16(24)21-8-10-2-4-13(19)7-14(10)20/h2-7,9H,8H2,1H3,(H,21,24)(H,23,25)/b22-9-. The van der Waals surface area contributed by atoms with Gasteiger partial charge in [-0.1, -0.05) is 45.2 Å². The van der Waals surface area contributed by atoms with Crippen molar-refractivity contribution < 1.29 is 14.3 Å². The Kier molecular flexibility index (Phi) is 7.44. The third-order valence-electron chi connectivity index (χ3n) is 3.22. The minimum atomic E-state index is -0.903. The van der Waals surface area contributed by atoms with Crippen LogP contribution >= 0.6 is 39.1 Å². The molecule has 0 aliphatic rings. The van der Waals surface area contributed by atoms with Crippen molar-refractivity contribution in [3.63, 3.8) is 0 Å². The quantitative estimate of drug-likeness (QED) is 0.408. The topological polar surface area (TPSA) is 79.8 Å². The second-order valence-electron chi connectivity index (χ2n) is 5.00. The number of hydrazone groups is 1. The number of ether oxygens (including phenoxy) is 1. The first-order chi connectivity index (χ1) is 12.4. The number of amides is 2. The fourth-order valence-corrected chi connectivity index (χ4v) is 2.79. The molecule has 0 atom stereocenters. The van der Waals surface area contributed by atoms with Gasteiger partial charge >= 0.3 is 11.8 Å². The van der Waals surface area contributed by atoms with E-state index in [0.29, 0.717) is 26.9 Å². The minimum Gasteiger partial charge on any atom is -0.496 e. The van der Waals surface area contributed by atoms with Gasteiger partial charge in [-0.15, -0.1) is 0 Å². The molecule has 0 heterocycles. The Labute approximate surface area is 168 Å². The first kappa shape index (κ1) is 20.2. The SMILES string of the molecule is COc1ccc(Br)cc1/C=N\NC(=O)C(=O)NCc1ccc(Cl)cc1Cl. The number of methoxy groups -OCH3 is 1. The van der Waals surface area contributed by atoms with E-state index in [-0.39, 0.29) is 6.54 Å². The molecule has 2 N–H and O–H groups in total. The summed E-state index contributed by atoms with van der Waals surface area (Å²) in [7, 11) is 1.52. The van der Waals surface area contributed by atoms with Crippen molar-refractivity contribution in [1.29, 1.82) is 0 Å². The van der Waals surface area contributed by atoms with Crippen LogP contribution in [0.1, 0.15) is 11.1 Å². The summed E-state index contributed by atoms with van der Waals surface area (Å²) < 4.78 is 6.01. The Bertz CT molecular complexity index is 859. The smallest absolute Gasteiger partial charge is 0.329 e. The van der Waals surface area contributed by atoms with Gasteiger partial charge in [0, 0.05) is 26.6 Å². The summed E-state index contributed by atoms with van der Waals surface area (Å²) in [6, 6.07) is 10.2. The zero-order valence-electron chi connectivity index (χ0n) is 13.6. The minimum absolute atomic E-state index is 0.0887. The van der Waals surface area contributed by atoms with Gasteiger partial charge in [0.25, 0.3) is 0 Å². The number of rotatable bonds is 5. The highest BCUT2D eigenvalue weighted by molar-refractivity contribution is 9.10. The second kappa shape index (κ2) is 9.56. The van der Waals surface area contributed by atoms with E-state index in [1.807, 2.05) is 6.07 Å². The van der Waals surface area contributed by atoms with Crippen LogP contribution in [0.4, 0.5) is 0 Å². The largest absolute Gasteiger partial charge is 0.496 e. The molecule has 9 heteroatoms. The Morgan fingerprint density at radius 2 is 1.96 bits per heavy atom. The maximum atomic E-state index is 11.8. The predicted octanol–water partition coefficient (Wildman–Crippen LogP) is 3.53. The summed E-state index contributed by atoms with van der Waals surface area (Å²) in [4.78, 5) is 23.6. The molecule has 26 heavy (non-hydrogen) atoms. The molecule has 2 rings (SSSR count). The lowest BCUT2D eigenvalue weighted by atomic mass is 10.2. The molecule has 0 aliphatic carbocycles. The van der Waals surface area contributed by atoms with Crippen molar-refractivity contribution >= 4 is 57.2 Å². The number of nitrogens with zero attached hydrogens (tertiary/aromatic N) is 1. The van der Waals surface area contributed by atoms with Gasteiger partial charge in [-0.05, 0) is 35.9 Å². The fraction of sp³-hybridized carbons (Fsp3) is 0.118.